The number of rotatable bonds is 4. The normalized spacial score (nSPS) is 11.5. The number of hydrogen-bond acceptors (Lipinski definition) is 9. The molecule has 0 spiro atoms. The van der Waals surface area contributed by atoms with E-state index < -0.39 is 10.8 Å². The molecular formula is C21H19N7O3S. The van der Waals surface area contributed by atoms with E-state index in [1.165, 1.54) is 28.2 Å². The monoisotopic (exact) mass is 449 g/mol. The fourth-order valence-corrected chi connectivity index (χ4v) is 4.65. The summed E-state index contributed by atoms with van der Waals surface area (Å²) in [5.41, 5.74) is 9.70. The molecule has 0 radical (unpaired) electrons. The van der Waals surface area contributed by atoms with E-state index in [2.05, 4.69) is 20.3 Å². The highest BCUT2D eigenvalue weighted by Crippen LogP contribution is 2.36. The Morgan fingerprint density at radius 1 is 1.19 bits per heavy atom. The minimum Gasteiger partial charge on any atom is -0.397 e. The average molecular weight is 449 g/mol. The Morgan fingerprint density at radius 3 is 2.62 bits per heavy atom. The van der Waals surface area contributed by atoms with E-state index in [1.807, 2.05) is 19.9 Å². The van der Waals surface area contributed by atoms with Gasteiger partial charge in [0.2, 0.25) is 0 Å². The maximum Gasteiger partial charge on any atom is 0.296 e. The predicted octanol–water partition coefficient (Wildman–Crippen LogP) is 5.32. The summed E-state index contributed by atoms with van der Waals surface area (Å²) in [4.78, 5) is 29.5. The van der Waals surface area contributed by atoms with Crippen LogP contribution in [0.2, 0.25) is 0 Å². The summed E-state index contributed by atoms with van der Waals surface area (Å²) in [6.07, 6.45) is 0. The molecule has 0 amide bonds. The Kier molecular flexibility index (Phi) is 5.26. The zero-order valence-electron chi connectivity index (χ0n) is 17.8. The maximum absolute atomic E-state index is 13.3. The van der Waals surface area contributed by atoms with Crippen LogP contribution in [0, 0.1) is 37.8 Å². The van der Waals surface area contributed by atoms with Crippen molar-refractivity contribution in [2.45, 2.75) is 27.7 Å². The number of aromatic nitrogens is 3. The van der Waals surface area contributed by atoms with E-state index in [9.17, 15) is 14.9 Å². The molecule has 162 valence electrons. The van der Waals surface area contributed by atoms with Crippen molar-refractivity contribution < 1.29 is 9.72 Å². The highest BCUT2D eigenvalue weighted by atomic mass is 32.1. The number of aryl methyl sites for hydroxylation is 3. The van der Waals surface area contributed by atoms with Crippen molar-refractivity contribution in [2.75, 3.05) is 5.73 Å². The number of nitrogens with zero attached hydrogens (tertiary/aromatic N) is 6. The summed E-state index contributed by atoms with van der Waals surface area (Å²) < 4.78 is 1.23. The van der Waals surface area contributed by atoms with E-state index in [-0.39, 0.29) is 11.4 Å². The number of fused-ring (bicyclic) bond motifs is 1. The van der Waals surface area contributed by atoms with Crippen molar-refractivity contribution in [3.05, 3.63) is 68.0 Å². The van der Waals surface area contributed by atoms with Crippen molar-refractivity contribution >= 4 is 50.2 Å². The molecular weight excluding hydrogens is 430 g/mol. The molecule has 10 nitrogen and oxygen atoms in total. The standard InChI is InChI=1S/C21H19N7O3S/c1-10-9-11(2)23-20-16(10)17(22)19(32-20)21(29)27-13(4)18(12(3)26-27)25-24-14-7-5-6-8-15(14)28(30)31/h5-9H,22H2,1-4H3. The number of azo groups is 1. The molecule has 4 aromatic rings. The number of para-hydroxylation sites is 1. The molecule has 11 heteroatoms. The lowest BCUT2D eigenvalue weighted by Crippen LogP contribution is -2.15. The number of nitrogen functional groups attached to an aromatic ring is 1. The van der Waals surface area contributed by atoms with E-state index in [4.69, 9.17) is 5.73 Å². The van der Waals surface area contributed by atoms with Gasteiger partial charge < -0.3 is 5.73 Å². The number of nitro groups is 1. The van der Waals surface area contributed by atoms with E-state index >= 15 is 0 Å². The SMILES string of the molecule is Cc1cc(C)c2c(N)c(C(=O)n3nc(C)c(N=Nc4ccccc4[N+](=O)[O-])c3C)sc2n1. The number of carbonyl (C=O) groups excluding carboxylic acids is 1. The molecule has 0 unspecified atom stereocenters. The fraction of sp³-hybridized carbons (Fsp3) is 0.190. The van der Waals surface area contributed by atoms with Gasteiger partial charge in [-0.15, -0.1) is 21.6 Å². The first-order valence-electron chi connectivity index (χ1n) is 9.61. The number of carbonyl (C=O) groups is 1. The highest BCUT2D eigenvalue weighted by Gasteiger charge is 2.24. The minimum atomic E-state index is -0.525. The molecule has 0 aliphatic rings. The number of thiophene rings is 1. The van der Waals surface area contributed by atoms with Crippen LogP contribution >= 0.6 is 11.3 Å². The lowest BCUT2D eigenvalue weighted by molar-refractivity contribution is -0.384. The molecule has 0 atom stereocenters. The highest BCUT2D eigenvalue weighted by molar-refractivity contribution is 7.21. The van der Waals surface area contributed by atoms with Crippen LogP contribution in [0.3, 0.4) is 0 Å². The number of nitro benzene ring substituents is 1. The second kappa shape index (κ2) is 7.93. The Balaban J connectivity index is 1.75. The number of nitrogens with two attached hydrogens (primary N) is 1. The van der Waals surface area contributed by atoms with Crippen LogP contribution in [0.4, 0.5) is 22.7 Å². The van der Waals surface area contributed by atoms with Crippen LogP contribution in [0.1, 0.15) is 32.3 Å². The van der Waals surface area contributed by atoms with Crippen LogP contribution in [-0.4, -0.2) is 25.6 Å². The molecule has 1 aromatic carbocycles. The van der Waals surface area contributed by atoms with Crippen LogP contribution in [0.25, 0.3) is 10.2 Å². The van der Waals surface area contributed by atoms with Crippen LogP contribution in [-0.2, 0) is 0 Å². The number of benzene rings is 1. The number of anilines is 1. The van der Waals surface area contributed by atoms with Crippen molar-refractivity contribution in [1.82, 2.24) is 14.8 Å². The molecule has 3 aromatic heterocycles. The summed E-state index contributed by atoms with van der Waals surface area (Å²) in [6.45, 7) is 7.19. The number of hydrogen-bond donors (Lipinski definition) is 1. The molecule has 2 N–H and O–H groups in total. The van der Waals surface area contributed by atoms with E-state index in [0.717, 1.165) is 16.6 Å². The van der Waals surface area contributed by atoms with Crippen LogP contribution in [0.15, 0.2) is 40.6 Å². The van der Waals surface area contributed by atoms with Gasteiger partial charge in [-0.1, -0.05) is 12.1 Å². The molecule has 32 heavy (non-hydrogen) atoms. The van der Waals surface area contributed by atoms with Gasteiger partial charge in [0, 0.05) is 17.1 Å². The average Bonchev–Trinajstić information content (AvgIpc) is 3.22. The Morgan fingerprint density at radius 2 is 1.91 bits per heavy atom. The second-order valence-corrected chi connectivity index (χ2v) is 8.29. The van der Waals surface area contributed by atoms with Gasteiger partial charge in [-0.25, -0.2) is 4.98 Å². The van der Waals surface area contributed by atoms with E-state index in [1.54, 1.807) is 26.0 Å². The lowest BCUT2D eigenvalue weighted by atomic mass is 10.1. The summed E-state index contributed by atoms with van der Waals surface area (Å²) in [6, 6.07) is 7.96. The molecule has 0 saturated heterocycles. The first kappa shape index (κ1) is 21.2. The molecule has 0 aliphatic heterocycles. The van der Waals surface area contributed by atoms with Crippen LogP contribution in [0.5, 0.6) is 0 Å². The van der Waals surface area contributed by atoms with Crippen molar-refractivity contribution in [1.29, 1.82) is 0 Å². The summed E-state index contributed by atoms with van der Waals surface area (Å²) in [7, 11) is 0. The Hall–Kier alpha value is -3.99. The third-order valence-electron chi connectivity index (χ3n) is 5.00. The third kappa shape index (κ3) is 3.52. The first-order chi connectivity index (χ1) is 15.2. The molecule has 0 aliphatic carbocycles. The number of pyridine rings is 1. The quantitative estimate of drug-likeness (QED) is 0.254. The minimum absolute atomic E-state index is 0.112. The zero-order valence-corrected chi connectivity index (χ0v) is 18.6. The largest absolute Gasteiger partial charge is 0.397 e. The molecule has 0 fully saturated rings. The molecule has 4 rings (SSSR count). The fourth-order valence-electron chi connectivity index (χ4n) is 3.51. The Labute approximate surface area is 186 Å². The van der Waals surface area contributed by atoms with Crippen molar-refractivity contribution in [3.63, 3.8) is 0 Å². The van der Waals surface area contributed by atoms with Gasteiger partial charge in [-0.05, 0) is 45.4 Å². The summed E-state index contributed by atoms with van der Waals surface area (Å²) in [5, 5.41) is 24.5. The summed E-state index contributed by atoms with van der Waals surface area (Å²) >= 11 is 1.22. The predicted molar refractivity (Wildman–Crippen MR) is 122 cm³/mol. The lowest BCUT2D eigenvalue weighted by Gasteiger charge is -2.03. The van der Waals surface area contributed by atoms with Gasteiger partial charge in [-0.2, -0.15) is 9.78 Å². The summed E-state index contributed by atoms with van der Waals surface area (Å²) in [5.74, 6) is -0.393. The van der Waals surface area contributed by atoms with Gasteiger partial charge >= 0.3 is 0 Å². The van der Waals surface area contributed by atoms with E-state index in [0.29, 0.717) is 32.5 Å². The third-order valence-corrected chi connectivity index (χ3v) is 6.09. The smallest absolute Gasteiger partial charge is 0.296 e. The Bertz CT molecular complexity index is 1440. The topological polar surface area (TPSA) is 142 Å². The van der Waals surface area contributed by atoms with Crippen LogP contribution < -0.4 is 5.73 Å². The molecule has 3 heterocycles. The molecule has 0 bridgehead atoms. The van der Waals surface area contributed by atoms with Gasteiger partial charge in [-0.3, -0.25) is 14.9 Å². The zero-order chi connectivity index (χ0) is 23.2. The van der Waals surface area contributed by atoms with Crippen molar-refractivity contribution in [2.24, 2.45) is 10.2 Å². The van der Waals surface area contributed by atoms with Gasteiger partial charge in [0.15, 0.2) is 5.69 Å². The second-order valence-electron chi connectivity index (χ2n) is 7.29. The van der Waals surface area contributed by atoms with Gasteiger partial charge in [0.25, 0.3) is 11.6 Å². The molecule has 0 saturated carbocycles. The maximum atomic E-state index is 13.3. The van der Waals surface area contributed by atoms with Gasteiger partial charge in [0.1, 0.15) is 15.4 Å². The van der Waals surface area contributed by atoms with Gasteiger partial charge in [0.05, 0.1) is 22.0 Å². The van der Waals surface area contributed by atoms with Crippen molar-refractivity contribution in [3.8, 4) is 0 Å². The first-order valence-corrected chi connectivity index (χ1v) is 10.4.